The third-order valence-corrected chi connectivity index (χ3v) is 6.20. The van der Waals surface area contributed by atoms with E-state index in [4.69, 9.17) is 10.5 Å². The number of halogens is 2. The number of carbonyl (C=O) groups is 1. The van der Waals surface area contributed by atoms with Crippen molar-refractivity contribution in [1.29, 1.82) is 0 Å². The van der Waals surface area contributed by atoms with Crippen LogP contribution in [0.25, 0.3) is 10.9 Å². The lowest BCUT2D eigenvalue weighted by molar-refractivity contribution is -0.128. The van der Waals surface area contributed by atoms with Gasteiger partial charge in [-0.15, -0.1) is 0 Å². The highest BCUT2D eigenvalue weighted by Gasteiger charge is 2.38. The Morgan fingerprint density at radius 1 is 1.22 bits per heavy atom. The lowest BCUT2D eigenvalue weighted by Gasteiger charge is -2.39. The molecule has 0 bridgehead atoms. The lowest BCUT2D eigenvalue weighted by atomic mass is 9.94. The number of primary amides is 1. The summed E-state index contributed by atoms with van der Waals surface area (Å²) in [6, 6.07) is 9.37. The van der Waals surface area contributed by atoms with Crippen molar-refractivity contribution in [3.63, 3.8) is 0 Å². The third-order valence-electron chi connectivity index (χ3n) is 6.20. The SMILES string of the molecule is CCCN(CCCCc1c[nH]c2ccc(F)cc12)C1Cc2cccc(F)c2OC1C(N)=O. The second-order valence-electron chi connectivity index (χ2n) is 8.44. The normalized spacial score (nSPS) is 18.0. The van der Waals surface area contributed by atoms with E-state index >= 15 is 0 Å². The van der Waals surface area contributed by atoms with Gasteiger partial charge in [-0.3, -0.25) is 9.69 Å². The molecule has 4 rings (SSSR count). The summed E-state index contributed by atoms with van der Waals surface area (Å²) in [6.07, 6.45) is 5.14. The predicted molar refractivity (Wildman–Crippen MR) is 121 cm³/mol. The second-order valence-corrected chi connectivity index (χ2v) is 8.44. The van der Waals surface area contributed by atoms with Crippen molar-refractivity contribution in [2.45, 2.75) is 51.2 Å². The highest BCUT2D eigenvalue weighted by molar-refractivity contribution is 5.83. The minimum Gasteiger partial charge on any atom is -0.476 e. The van der Waals surface area contributed by atoms with Crippen LogP contribution < -0.4 is 10.5 Å². The Morgan fingerprint density at radius 2 is 2.06 bits per heavy atom. The van der Waals surface area contributed by atoms with Crippen molar-refractivity contribution < 1.29 is 18.3 Å². The van der Waals surface area contributed by atoms with Crippen molar-refractivity contribution in [2.24, 2.45) is 5.73 Å². The van der Waals surface area contributed by atoms with Gasteiger partial charge in [0.2, 0.25) is 0 Å². The molecule has 7 heteroatoms. The zero-order valence-corrected chi connectivity index (χ0v) is 18.2. The first-order valence-corrected chi connectivity index (χ1v) is 11.2. The molecular formula is C25H29F2N3O2. The molecular weight excluding hydrogens is 412 g/mol. The molecule has 3 N–H and O–H groups in total. The quantitative estimate of drug-likeness (QED) is 0.486. The van der Waals surface area contributed by atoms with Crippen LogP contribution in [0.4, 0.5) is 8.78 Å². The van der Waals surface area contributed by atoms with Gasteiger partial charge >= 0.3 is 0 Å². The Hall–Kier alpha value is -2.93. The number of hydrogen-bond donors (Lipinski definition) is 2. The number of fused-ring (bicyclic) bond motifs is 2. The first-order valence-electron chi connectivity index (χ1n) is 11.2. The van der Waals surface area contributed by atoms with Crippen LogP contribution in [0.3, 0.4) is 0 Å². The van der Waals surface area contributed by atoms with Gasteiger partial charge in [-0.05, 0) is 80.6 Å². The molecule has 2 heterocycles. The van der Waals surface area contributed by atoms with Gasteiger partial charge in [0, 0.05) is 17.1 Å². The van der Waals surface area contributed by atoms with Crippen LogP contribution in [-0.4, -0.2) is 41.0 Å². The molecule has 2 atom stereocenters. The minimum atomic E-state index is -0.887. The summed E-state index contributed by atoms with van der Waals surface area (Å²) in [6.45, 7) is 3.65. The number of H-pyrrole nitrogens is 1. The molecule has 0 spiro atoms. The molecule has 2 unspecified atom stereocenters. The number of aromatic nitrogens is 1. The van der Waals surface area contributed by atoms with E-state index in [1.807, 2.05) is 12.3 Å². The van der Waals surface area contributed by atoms with Gasteiger partial charge in [-0.25, -0.2) is 8.78 Å². The second kappa shape index (κ2) is 9.69. The summed E-state index contributed by atoms with van der Waals surface area (Å²) >= 11 is 0. The average Bonchev–Trinajstić information content (AvgIpc) is 3.17. The predicted octanol–water partition coefficient (Wildman–Crippen LogP) is 4.34. The number of benzene rings is 2. The van der Waals surface area contributed by atoms with Gasteiger partial charge in [0.1, 0.15) is 5.82 Å². The maximum atomic E-state index is 14.2. The minimum absolute atomic E-state index is 0.135. The van der Waals surface area contributed by atoms with E-state index in [9.17, 15) is 13.6 Å². The maximum Gasteiger partial charge on any atom is 0.260 e. The Balaban J connectivity index is 1.43. The van der Waals surface area contributed by atoms with Crippen molar-refractivity contribution >= 4 is 16.8 Å². The molecule has 2 aromatic carbocycles. The highest BCUT2D eigenvalue weighted by atomic mass is 19.1. The monoisotopic (exact) mass is 441 g/mol. The van der Waals surface area contributed by atoms with Crippen LogP contribution in [-0.2, 0) is 17.6 Å². The zero-order valence-electron chi connectivity index (χ0n) is 18.2. The fourth-order valence-electron chi connectivity index (χ4n) is 4.67. The Kier molecular flexibility index (Phi) is 6.74. The van der Waals surface area contributed by atoms with Gasteiger partial charge in [0.05, 0.1) is 6.04 Å². The zero-order chi connectivity index (χ0) is 22.7. The van der Waals surface area contributed by atoms with Crippen LogP contribution in [0.1, 0.15) is 37.3 Å². The fourth-order valence-corrected chi connectivity index (χ4v) is 4.67. The van der Waals surface area contributed by atoms with Crippen LogP contribution in [0.15, 0.2) is 42.6 Å². The fraction of sp³-hybridized carbons (Fsp3) is 0.400. The number of carbonyl (C=O) groups excluding carboxylic acids is 1. The molecule has 170 valence electrons. The smallest absolute Gasteiger partial charge is 0.260 e. The molecule has 5 nitrogen and oxygen atoms in total. The van der Waals surface area contributed by atoms with Gasteiger partial charge in [-0.1, -0.05) is 19.1 Å². The van der Waals surface area contributed by atoms with E-state index in [1.165, 1.54) is 12.1 Å². The Bertz CT molecular complexity index is 1100. The molecule has 0 fully saturated rings. The number of nitrogens with zero attached hydrogens (tertiary/aromatic N) is 1. The first-order chi connectivity index (χ1) is 15.5. The number of unbranched alkanes of at least 4 members (excludes halogenated alkanes) is 1. The molecule has 1 aliphatic heterocycles. The number of aromatic amines is 1. The number of ether oxygens (including phenoxy) is 1. The van der Waals surface area contributed by atoms with Gasteiger partial charge in [0.25, 0.3) is 5.91 Å². The van der Waals surface area contributed by atoms with Crippen LogP contribution in [0.2, 0.25) is 0 Å². The number of para-hydroxylation sites is 1. The van der Waals surface area contributed by atoms with Gasteiger partial charge in [-0.2, -0.15) is 0 Å². The van der Waals surface area contributed by atoms with E-state index in [-0.39, 0.29) is 17.6 Å². The van der Waals surface area contributed by atoms with Gasteiger partial charge < -0.3 is 15.5 Å². The summed E-state index contributed by atoms with van der Waals surface area (Å²) in [5, 5.41) is 0.920. The molecule has 0 saturated carbocycles. The Labute approximate surface area is 186 Å². The number of aryl methyl sites for hydroxylation is 1. The maximum absolute atomic E-state index is 14.2. The molecule has 0 saturated heterocycles. The molecule has 3 aromatic rings. The molecule has 1 aromatic heterocycles. The number of rotatable bonds is 9. The topological polar surface area (TPSA) is 71.3 Å². The van der Waals surface area contributed by atoms with E-state index in [0.29, 0.717) is 6.42 Å². The van der Waals surface area contributed by atoms with E-state index in [1.54, 1.807) is 18.2 Å². The summed E-state index contributed by atoms with van der Waals surface area (Å²) in [5.74, 6) is -1.15. The van der Waals surface area contributed by atoms with Crippen molar-refractivity contribution in [1.82, 2.24) is 9.88 Å². The van der Waals surface area contributed by atoms with E-state index < -0.39 is 17.8 Å². The van der Waals surface area contributed by atoms with Crippen LogP contribution in [0, 0.1) is 11.6 Å². The summed E-state index contributed by atoms with van der Waals surface area (Å²) in [5.41, 5.74) is 8.43. The standard InChI is InChI=1S/C25H29F2N3O2/c1-2-11-30(12-4-3-6-17-15-29-21-10-9-18(26)14-19(17)21)22-13-16-7-5-8-20(27)23(16)32-24(22)25(28)31/h5,7-10,14-15,22,24,29H,2-4,6,11-13H2,1H3,(H2,28,31). The molecule has 1 amide bonds. The molecule has 1 aliphatic rings. The van der Waals surface area contributed by atoms with Crippen LogP contribution >= 0.6 is 0 Å². The molecule has 0 radical (unpaired) electrons. The van der Waals surface area contributed by atoms with Crippen LogP contribution in [0.5, 0.6) is 5.75 Å². The lowest BCUT2D eigenvalue weighted by Crippen LogP contribution is -2.55. The number of hydrogen-bond acceptors (Lipinski definition) is 3. The summed E-state index contributed by atoms with van der Waals surface area (Å²) in [4.78, 5) is 17.6. The molecule has 32 heavy (non-hydrogen) atoms. The summed E-state index contributed by atoms with van der Waals surface area (Å²) < 4.78 is 33.6. The van der Waals surface area contributed by atoms with E-state index in [0.717, 1.165) is 60.8 Å². The molecule has 0 aliphatic carbocycles. The number of nitrogens with two attached hydrogens (primary N) is 1. The van der Waals surface area contributed by atoms with Crippen molar-refractivity contribution in [2.75, 3.05) is 13.1 Å². The van der Waals surface area contributed by atoms with Crippen molar-refractivity contribution in [3.05, 3.63) is 65.4 Å². The third kappa shape index (κ3) is 4.63. The summed E-state index contributed by atoms with van der Waals surface area (Å²) in [7, 11) is 0. The van der Waals surface area contributed by atoms with E-state index in [2.05, 4.69) is 16.8 Å². The Morgan fingerprint density at radius 3 is 2.84 bits per heavy atom. The first kappa shape index (κ1) is 22.3. The highest BCUT2D eigenvalue weighted by Crippen LogP contribution is 2.32. The number of nitrogens with one attached hydrogen (secondary N) is 1. The number of amides is 1. The largest absolute Gasteiger partial charge is 0.476 e. The average molecular weight is 442 g/mol. The van der Waals surface area contributed by atoms with Crippen molar-refractivity contribution in [3.8, 4) is 5.75 Å². The van der Waals surface area contributed by atoms with Gasteiger partial charge in [0.15, 0.2) is 17.7 Å².